The van der Waals surface area contributed by atoms with Gasteiger partial charge in [-0.1, -0.05) is 35.3 Å². The number of amides is 4. The van der Waals surface area contributed by atoms with Crippen molar-refractivity contribution < 1.29 is 19.2 Å². The van der Waals surface area contributed by atoms with Crippen LogP contribution in [0.2, 0.25) is 10.0 Å². The van der Waals surface area contributed by atoms with Gasteiger partial charge in [-0.25, -0.2) is 0 Å². The van der Waals surface area contributed by atoms with Crippen molar-refractivity contribution in [3.8, 4) is 0 Å². The fourth-order valence-corrected chi connectivity index (χ4v) is 6.87. The molecule has 0 spiro atoms. The summed E-state index contributed by atoms with van der Waals surface area (Å²) in [6.45, 7) is 5.08. The van der Waals surface area contributed by atoms with Crippen LogP contribution in [0.15, 0.2) is 36.4 Å². The van der Waals surface area contributed by atoms with Crippen molar-refractivity contribution in [2.75, 3.05) is 44.2 Å². The molecule has 3 fully saturated rings. The van der Waals surface area contributed by atoms with Gasteiger partial charge < -0.3 is 14.7 Å². The summed E-state index contributed by atoms with van der Waals surface area (Å²) < 4.78 is 0. The SMILES string of the molecule is O=C1CCC(N2Cc3c(C(=O)N4CCC(N5CCN(c6cccc(Cl)c6Cl)CC5)CC4)cccc3C2=O)C(=O)N1. The number of likely N-dealkylation sites (tertiary alicyclic amines) is 1. The highest BCUT2D eigenvalue weighted by molar-refractivity contribution is 6.43. The highest BCUT2D eigenvalue weighted by Gasteiger charge is 2.41. The van der Waals surface area contributed by atoms with Crippen molar-refractivity contribution >= 4 is 52.5 Å². The summed E-state index contributed by atoms with van der Waals surface area (Å²) in [6, 6.07) is 10.7. The van der Waals surface area contributed by atoms with Crippen LogP contribution < -0.4 is 10.2 Å². The van der Waals surface area contributed by atoms with Crippen molar-refractivity contribution in [1.29, 1.82) is 0 Å². The molecule has 1 unspecified atom stereocenters. The average molecular weight is 585 g/mol. The van der Waals surface area contributed by atoms with Gasteiger partial charge in [-0.05, 0) is 49.1 Å². The highest BCUT2D eigenvalue weighted by atomic mass is 35.5. The Labute approximate surface area is 243 Å². The summed E-state index contributed by atoms with van der Waals surface area (Å²) in [5.74, 6) is -1.12. The molecule has 4 aliphatic heterocycles. The Morgan fingerprint density at radius 3 is 2.33 bits per heavy atom. The van der Waals surface area contributed by atoms with Crippen LogP contribution in [0, 0.1) is 0 Å². The molecule has 0 aromatic heterocycles. The molecule has 4 amide bonds. The lowest BCUT2D eigenvalue weighted by Gasteiger charge is -2.43. The first kappa shape index (κ1) is 27.1. The van der Waals surface area contributed by atoms with Crippen molar-refractivity contribution in [3.05, 3.63) is 63.1 Å². The van der Waals surface area contributed by atoms with E-state index in [1.165, 1.54) is 4.90 Å². The van der Waals surface area contributed by atoms with Gasteiger partial charge in [-0.3, -0.25) is 29.4 Å². The molecule has 4 aliphatic rings. The maximum Gasteiger partial charge on any atom is 0.255 e. The van der Waals surface area contributed by atoms with Crippen LogP contribution in [-0.4, -0.2) is 89.7 Å². The molecule has 2 aromatic carbocycles. The summed E-state index contributed by atoms with van der Waals surface area (Å²) >= 11 is 12.6. The first-order valence-electron chi connectivity index (χ1n) is 13.8. The molecule has 11 heteroatoms. The number of hydrogen-bond donors (Lipinski definition) is 1. The lowest BCUT2D eigenvalue weighted by atomic mass is 9.98. The van der Waals surface area contributed by atoms with Crippen molar-refractivity contribution in [2.24, 2.45) is 0 Å². The van der Waals surface area contributed by atoms with E-state index < -0.39 is 11.9 Å². The number of nitrogens with zero attached hydrogens (tertiary/aromatic N) is 4. The van der Waals surface area contributed by atoms with E-state index >= 15 is 0 Å². The van der Waals surface area contributed by atoms with E-state index in [1.807, 2.05) is 17.0 Å². The zero-order valence-electron chi connectivity index (χ0n) is 22.1. The standard InChI is InChI=1S/C29H31Cl2N5O4/c30-22-5-2-6-23(26(22)31)34-15-13-33(14-16-34)18-9-11-35(12-10-18)28(39)19-3-1-4-20-21(19)17-36(29(20)40)24-7-8-25(37)32-27(24)38/h1-6,18,24H,7-17H2,(H,32,37,38). The summed E-state index contributed by atoms with van der Waals surface area (Å²) in [5, 5.41) is 3.49. The summed E-state index contributed by atoms with van der Waals surface area (Å²) in [4.78, 5) is 58.9. The average Bonchev–Trinajstić information content (AvgIpc) is 3.30. The van der Waals surface area contributed by atoms with Crippen LogP contribution in [0.4, 0.5) is 5.69 Å². The van der Waals surface area contributed by atoms with Crippen molar-refractivity contribution in [3.63, 3.8) is 0 Å². The number of halogens is 2. The first-order chi connectivity index (χ1) is 19.3. The molecule has 0 saturated carbocycles. The number of piperazine rings is 1. The molecular formula is C29H31Cl2N5O4. The lowest BCUT2D eigenvalue weighted by molar-refractivity contribution is -0.136. The second-order valence-electron chi connectivity index (χ2n) is 10.9. The van der Waals surface area contributed by atoms with Gasteiger partial charge in [0.1, 0.15) is 6.04 Å². The highest BCUT2D eigenvalue weighted by Crippen LogP contribution is 2.34. The van der Waals surface area contributed by atoms with Gasteiger partial charge in [0.25, 0.3) is 11.8 Å². The quantitative estimate of drug-likeness (QED) is 0.556. The number of piperidine rings is 2. The van der Waals surface area contributed by atoms with Gasteiger partial charge in [-0.2, -0.15) is 0 Å². The van der Waals surface area contributed by atoms with Gasteiger partial charge in [0.05, 0.1) is 15.7 Å². The zero-order chi connectivity index (χ0) is 28.0. The maximum absolute atomic E-state index is 13.6. The Hall–Kier alpha value is -3.14. The number of imide groups is 1. The molecule has 2 aromatic rings. The normalized spacial score (nSPS) is 22.5. The van der Waals surface area contributed by atoms with Crippen LogP contribution in [0.5, 0.6) is 0 Å². The van der Waals surface area contributed by atoms with Crippen LogP contribution in [-0.2, 0) is 16.1 Å². The molecule has 1 N–H and O–H groups in total. The third kappa shape index (κ3) is 4.95. The fourth-order valence-electron chi connectivity index (χ4n) is 6.46. The number of fused-ring (bicyclic) bond motifs is 1. The number of nitrogens with one attached hydrogen (secondary N) is 1. The Kier molecular flexibility index (Phi) is 7.46. The van der Waals surface area contributed by atoms with E-state index in [9.17, 15) is 19.2 Å². The Balaban J connectivity index is 1.07. The summed E-state index contributed by atoms with van der Waals surface area (Å²) in [6.07, 6.45) is 2.27. The monoisotopic (exact) mass is 583 g/mol. The van der Waals surface area contributed by atoms with Gasteiger partial charge >= 0.3 is 0 Å². The molecule has 3 saturated heterocycles. The van der Waals surface area contributed by atoms with Crippen molar-refractivity contribution in [2.45, 2.75) is 44.3 Å². The Morgan fingerprint density at radius 1 is 0.875 bits per heavy atom. The van der Waals surface area contributed by atoms with E-state index in [0.717, 1.165) is 44.7 Å². The van der Waals surface area contributed by atoms with E-state index in [0.29, 0.717) is 52.3 Å². The third-order valence-electron chi connectivity index (χ3n) is 8.67. The van der Waals surface area contributed by atoms with Gasteiger partial charge in [0.15, 0.2) is 0 Å². The summed E-state index contributed by atoms with van der Waals surface area (Å²) in [5.41, 5.74) is 2.62. The van der Waals surface area contributed by atoms with E-state index in [1.54, 1.807) is 24.3 Å². The van der Waals surface area contributed by atoms with E-state index in [2.05, 4.69) is 15.1 Å². The fraction of sp³-hybridized carbons (Fsp3) is 0.448. The van der Waals surface area contributed by atoms with Crippen LogP contribution in [0.1, 0.15) is 52.0 Å². The first-order valence-corrected chi connectivity index (χ1v) is 14.6. The number of rotatable bonds is 4. The second kappa shape index (κ2) is 11.0. The minimum Gasteiger partial charge on any atom is -0.368 e. The number of benzene rings is 2. The predicted molar refractivity (Wildman–Crippen MR) is 152 cm³/mol. The smallest absolute Gasteiger partial charge is 0.255 e. The number of hydrogen-bond acceptors (Lipinski definition) is 6. The van der Waals surface area contributed by atoms with Gasteiger partial charge in [-0.15, -0.1) is 0 Å². The van der Waals surface area contributed by atoms with Gasteiger partial charge in [0, 0.05) is 69.4 Å². The third-order valence-corrected chi connectivity index (χ3v) is 9.48. The molecular weight excluding hydrogens is 553 g/mol. The number of carbonyl (C=O) groups is 4. The Morgan fingerprint density at radius 2 is 1.60 bits per heavy atom. The molecule has 0 radical (unpaired) electrons. The molecule has 4 heterocycles. The maximum atomic E-state index is 13.6. The van der Waals surface area contributed by atoms with Crippen LogP contribution >= 0.6 is 23.2 Å². The molecule has 0 aliphatic carbocycles. The molecule has 6 rings (SSSR count). The number of anilines is 1. The van der Waals surface area contributed by atoms with Crippen LogP contribution in [0.3, 0.4) is 0 Å². The molecule has 40 heavy (non-hydrogen) atoms. The van der Waals surface area contributed by atoms with Crippen LogP contribution in [0.25, 0.3) is 0 Å². The lowest BCUT2D eigenvalue weighted by Crippen LogP contribution is -2.54. The zero-order valence-corrected chi connectivity index (χ0v) is 23.6. The Bertz CT molecular complexity index is 1370. The van der Waals surface area contributed by atoms with E-state index in [-0.39, 0.29) is 30.7 Å². The minimum absolute atomic E-state index is 0.0753. The second-order valence-corrected chi connectivity index (χ2v) is 11.6. The molecule has 0 bridgehead atoms. The van der Waals surface area contributed by atoms with Crippen molar-refractivity contribution in [1.82, 2.24) is 20.0 Å². The molecule has 1 atom stereocenters. The van der Waals surface area contributed by atoms with E-state index in [4.69, 9.17) is 23.2 Å². The minimum atomic E-state index is -0.702. The number of carbonyl (C=O) groups excluding carboxylic acids is 4. The topological polar surface area (TPSA) is 93.3 Å². The molecule has 9 nitrogen and oxygen atoms in total. The molecule has 210 valence electrons. The largest absolute Gasteiger partial charge is 0.368 e. The predicted octanol–water partition coefficient (Wildman–Crippen LogP) is 3.18. The summed E-state index contributed by atoms with van der Waals surface area (Å²) in [7, 11) is 0. The van der Waals surface area contributed by atoms with Gasteiger partial charge in [0.2, 0.25) is 11.8 Å².